The molecule has 0 amide bonds. The van der Waals surface area contributed by atoms with Gasteiger partial charge in [-0.05, 0) is 50.1 Å². The van der Waals surface area contributed by atoms with Crippen molar-refractivity contribution >= 4 is 11.4 Å². The third-order valence-corrected chi connectivity index (χ3v) is 3.27. The lowest BCUT2D eigenvalue weighted by Gasteiger charge is -2.21. The average Bonchev–Trinajstić information content (AvgIpc) is 2.69. The third kappa shape index (κ3) is 8.34. The maximum atomic E-state index is 3.96. The van der Waals surface area contributed by atoms with Crippen molar-refractivity contribution in [1.82, 2.24) is 0 Å². The highest BCUT2D eigenvalue weighted by molar-refractivity contribution is 5.66. The fraction of sp³-hybridized carbons (Fsp3) is 0.200. The monoisotopic (exact) mass is 347 g/mol. The Hall–Kier alpha value is -2.80. The smallest absolute Gasteiger partial charge is 0.0455 e. The molecule has 2 aromatic carbocycles. The van der Waals surface area contributed by atoms with Gasteiger partial charge in [0, 0.05) is 17.6 Å². The SMILES string of the molecule is C=CC.C=CC(=C)Cc1ccc(N(/C=C/C)c2ccccc2)cc1.CC. The first-order valence-electron chi connectivity index (χ1n) is 9.09. The van der Waals surface area contributed by atoms with E-state index in [4.69, 9.17) is 0 Å². The lowest BCUT2D eigenvalue weighted by molar-refractivity contribution is 1.19. The van der Waals surface area contributed by atoms with Gasteiger partial charge in [0.15, 0.2) is 0 Å². The van der Waals surface area contributed by atoms with E-state index in [-0.39, 0.29) is 0 Å². The molecule has 0 heterocycles. The first kappa shape index (κ1) is 23.2. The van der Waals surface area contributed by atoms with Gasteiger partial charge in [0.05, 0.1) is 0 Å². The zero-order valence-corrected chi connectivity index (χ0v) is 16.8. The van der Waals surface area contributed by atoms with Crippen LogP contribution < -0.4 is 4.90 Å². The number of hydrogen-bond acceptors (Lipinski definition) is 1. The Morgan fingerprint density at radius 1 is 0.885 bits per heavy atom. The molecular formula is C25H33N. The van der Waals surface area contributed by atoms with Crippen LogP contribution in [0.15, 0.2) is 104 Å². The molecule has 0 N–H and O–H groups in total. The molecule has 2 rings (SSSR count). The van der Waals surface area contributed by atoms with Crippen molar-refractivity contribution in [2.24, 2.45) is 0 Å². The number of para-hydroxylation sites is 1. The molecule has 26 heavy (non-hydrogen) atoms. The highest BCUT2D eigenvalue weighted by Gasteiger charge is 2.05. The molecule has 0 unspecified atom stereocenters. The van der Waals surface area contributed by atoms with Gasteiger partial charge in [-0.2, -0.15) is 0 Å². The lowest BCUT2D eigenvalue weighted by atomic mass is 10.1. The van der Waals surface area contributed by atoms with Gasteiger partial charge in [0.25, 0.3) is 0 Å². The average molecular weight is 348 g/mol. The Morgan fingerprint density at radius 2 is 1.38 bits per heavy atom. The summed E-state index contributed by atoms with van der Waals surface area (Å²) < 4.78 is 0. The van der Waals surface area contributed by atoms with E-state index >= 15 is 0 Å². The minimum Gasteiger partial charge on any atom is -0.318 e. The quantitative estimate of drug-likeness (QED) is 0.379. The molecule has 0 aliphatic carbocycles. The summed E-state index contributed by atoms with van der Waals surface area (Å²) in [5.41, 5.74) is 4.58. The molecule has 0 aromatic heterocycles. The van der Waals surface area contributed by atoms with Crippen molar-refractivity contribution in [3.05, 3.63) is 110 Å². The standard InChI is InChI=1S/C20H21N.C3H6.C2H6/c1-4-15-21(19-9-7-6-8-10-19)20-13-11-18(12-14-20)16-17(3)5-2;1-3-2;1-2/h4-15H,2-3,16H2,1H3;3H,1H2,2H3;1-2H3/b15-4+;;. The van der Waals surface area contributed by atoms with Gasteiger partial charge in [-0.25, -0.2) is 0 Å². The fourth-order valence-electron chi connectivity index (χ4n) is 2.17. The maximum Gasteiger partial charge on any atom is 0.0455 e. The zero-order chi connectivity index (χ0) is 19.8. The first-order chi connectivity index (χ1) is 12.7. The molecule has 138 valence electrons. The molecule has 0 aliphatic heterocycles. The maximum absolute atomic E-state index is 3.96. The molecule has 0 bridgehead atoms. The normalized spacial score (nSPS) is 9.23. The van der Waals surface area contributed by atoms with E-state index in [1.807, 2.05) is 58.0 Å². The molecular weight excluding hydrogens is 314 g/mol. The van der Waals surface area contributed by atoms with Crippen LogP contribution in [-0.2, 0) is 6.42 Å². The van der Waals surface area contributed by atoms with Crippen molar-refractivity contribution in [3.63, 3.8) is 0 Å². The first-order valence-corrected chi connectivity index (χ1v) is 9.09. The summed E-state index contributed by atoms with van der Waals surface area (Å²) in [6.45, 7) is 19.0. The third-order valence-electron chi connectivity index (χ3n) is 3.27. The van der Waals surface area contributed by atoms with E-state index in [2.05, 4.69) is 67.2 Å². The van der Waals surface area contributed by atoms with Crippen LogP contribution in [0.2, 0.25) is 0 Å². The van der Waals surface area contributed by atoms with Crippen LogP contribution in [0.3, 0.4) is 0 Å². The van der Waals surface area contributed by atoms with Gasteiger partial charge < -0.3 is 4.90 Å². The molecule has 1 nitrogen and oxygen atoms in total. The van der Waals surface area contributed by atoms with Crippen LogP contribution in [0, 0.1) is 0 Å². The van der Waals surface area contributed by atoms with Gasteiger partial charge in [-0.15, -0.1) is 6.58 Å². The van der Waals surface area contributed by atoms with E-state index in [1.165, 1.54) is 5.56 Å². The molecule has 0 saturated carbocycles. The number of rotatable bonds is 6. The van der Waals surface area contributed by atoms with Crippen LogP contribution in [0.1, 0.15) is 33.3 Å². The molecule has 2 aromatic rings. The molecule has 1 heteroatoms. The molecule has 0 atom stereocenters. The second-order valence-electron chi connectivity index (χ2n) is 5.30. The molecule has 0 saturated heterocycles. The molecule has 0 aliphatic rings. The van der Waals surface area contributed by atoms with Gasteiger partial charge >= 0.3 is 0 Å². The molecule has 0 spiro atoms. The van der Waals surface area contributed by atoms with Gasteiger partial charge in [0.1, 0.15) is 0 Å². The van der Waals surface area contributed by atoms with Crippen LogP contribution in [0.25, 0.3) is 0 Å². The Morgan fingerprint density at radius 3 is 1.85 bits per heavy atom. The Bertz CT molecular complexity index is 663. The van der Waals surface area contributed by atoms with E-state index < -0.39 is 0 Å². The number of anilines is 2. The summed E-state index contributed by atoms with van der Waals surface area (Å²) in [5, 5.41) is 0. The number of nitrogens with zero attached hydrogens (tertiary/aromatic N) is 1. The number of allylic oxidation sites excluding steroid dienone is 4. The minimum atomic E-state index is 0.846. The van der Waals surface area contributed by atoms with Gasteiger partial charge in [-0.3, -0.25) is 0 Å². The second kappa shape index (κ2) is 14.5. The highest BCUT2D eigenvalue weighted by atomic mass is 15.1. The van der Waals surface area contributed by atoms with Crippen LogP contribution >= 0.6 is 0 Å². The van der Waals surface area contributed by atoms with Crippen molar-refractivity contribution < 1.29 is 0 Å². The van der Waals surface area contributed by atoms with Gasteiger partial charge in [0.2, 0.25) is 0 Å². The van der Waals surface area contributed by atoms with Crippen molar-refractivity contribution in [2.75, 3.05) is 4.90 Å². The topological polar surface area (TPSA) is 3.24 Å². The van der Waals surface area contributed by atoms with E-state index in [0.717, 1.165) is 23.4 Å². The second-order valence-corrected chi connectivity index (χ2v) is 5.30. The summed E-state index contributed by atoms with van der Waals surface area (Å²) in [4.78, 5) is 2.17. The summed E-state index contributed by atoms with van der Waals surface area (Å²) in [5.74, 6) is 0. The minimum absolute atomic E-state index is 0.846. The summed E-state index contributed by atoms with van der Waals surface area (Å²) in [6.07, 6.45) is 8.52. The lowest BCUT2D eigenvalue weighted by Crippen LogP contribution is -2.08. The predicted molar refractivity (Wildman–Crippen MR) is 120 cm³/mol. The molecule has 0 radical (unpaired) electrons. The summed E-state index contributed by atoms with van der Waals surface area (Å²) in [7, 11) is 0. The van der Waals surface area contributed by atoms with Crippen molar-refractivity contribution in [2.45, 2.75) is 34.1 Å². The van der Waals surface area contributed by atoms with Crippen LogP contribution in [-0.4, -0.2) is 0 Å². The Labute approximate surface area is 160 Å². The van der Waals surface area contributed by atoms with Crippen LogP contribution in [0.5, 0.6) is 0 Å². The zero-order valence-electron chi connectivity index (χ0n) is 16.8. The van der Waals surface area contributed by atoms with Crippen LogP contribution in [0.4, 0.5) is 11.4 Å². The van der Waals surface area contributed by atoms with E-state index in [1.54, 1.807) is 6.08 Å². The Balaban J connectivity index is 0.00000113. The fourth-order valence-corrected chi connectivity index (χ4v) is 2.17. The van der Waals surface area contributed by atoms with E-state index in [0.29, 0.717) is 0 Å². The largest absolute Gasteiger partial charge is 0.318 e. The van der Waals surface area contributed by atoms with E-state index in [9.17, 15) is 0 Å². The predicted octanol–water partition coefficient (Wildman–Crippen LogP) is 7.86. The molecule has 0 fully saturated rings. The number of benzene rings is 2. The number of hydrogen-bond donors (Lipinski definition) is 0. The van der Waals surface area contributed by atoms with Crippen molar-refractivity contribution in [3.8, 4) is 0 Å². The van der Waals surface area contributed by atoms with Gasteiger partial charge in [-0.1, -0.05) is 81.1 Å². The Kier molecular flexibility index (Phi) is 13.0. The summed E-state index contributed by atoms with van der Waals surface area (Å²) >= 11 is 0. The van der Waals surface area contributed by atoms with Crippen molar-refractivity contribution in [1.29, 1.82) is 0 Å². The summed E-state index contributed by atoms with van der Waals surface area (Å²) in [6, 6.07) is 18.9. The highest BCUT2D eigenvalue weighted by Crippen LogP contribution is 2.26.